The van der Waals surface area contributed by atoms with E-state index < -0.39 is 19.9 Å². The van der Waals surface area contributed by atoms with Crippen LogP contribution in [0.3, 0.4) is 0 Å². The summed E-state index contributed by atoms with van der Waals surface area (Å²) < 4.78 is 52.5. The van der Waals surface area contributed by atoms with Gasteiger partial charge in [-0.3, -0.25) is 4.72 Å². The topological polar surface area (TPSA) is 98.1 Å². The maximum atomic E-state index is 12.5. The van der Waals surface area contributed by atoms with Crippen LogP contribution < -0.4 is 4.72 Å². The van der Waals surface area contributed by atoms with E-state index in [4.69, 9.17) is 0 Å². The molecule has 0 aliphatic rings. The van der Waals surface area contributed by atoms with E-state index in [2.05, 4.69) is 9.82 Å². The van der Waals surface area contributed by atoms with Gasteiger partial charge in [-0.1, -0.05) is 12.1 Å². The van der Waals surface area contributed by atoms with Crippen molar-refractivity contribution in [2.24, 2.45) is 0 Å². The molecule has 0 aliphatic carbocycles. The smallest absolute Gasteiger partial charge is 0.264 e. The summed E-state index contributed by atoms with van der Waals surface area (Å²) in [7, 11) is -7.71. The number of aromatic nitrogens is 2. The van der Waals surface area contributed by atoms with E-state index in [-0.39, 0.29) is 21.7 Å². The first-order chi connectivity index (χ1) is 10.1. The Hall–Kier alpha value is -1.87. The molecule has 0 saturated heterocycles. The molecular formula is C13H17N3O4S2. The van der Waals surface area contributed by atoms with Crippen LogP contribution in [0.5, 0.6) is 0 Å². The number of hydrogen-bond donors (Lipinski definition) is 1. The minimum absolute atomic E-state index is 0.0437. The van der Waals surface area contributed by atoms with E-state index >= 15 is 0 Å². The number of nitrogens with zero attached hydrogens (tertiary/aromatic N) is 2. The molecule has 1 aromatic heterocycles. The highest BCUT2D eigenvalue weighted by atomic mass is 32.2. The summed E-state index contributed by atoms with van der Waals surface area (Å²) >= 11 is 0. The molecule has 1 aromatic carbocycles. The average molecular weight is 343 g/mol. The fraction of sp³-hybridized carbons (Fsp3) is 0.308. The molecule has 1 heterocycles. The van der Waals surface area contributed by atoms with Crippen LogP contribution in [0.25, 0.3) is 0 Å². The van der Waals surface area contributed by atoms with Crippen LogP contribution in [0.2, 0.25) is 0 Å². The van der Waals surface area contributed by atoms with Crippen molar-refractivity contribution in [1.29, 1.82) is 0 Å². The Morgan fingerprint density at radius 2 is 1.64 bits per heavy atom. The number of sulfonamides is 1. The van der Waals surface area contributed by atoms with Gasteiger partial charge in [-0.05, 0) is 26.0 Å². The van der Waals surface area contributed by atoms with Crippen LogP contribution >= 0.6 is 0 Å². The van der Waals surface area contributed by atoms with Crippen molar-refractivity contribution in [3.63, 3.8) is 0 Å². The van der Waals surface area contributed by atoms with E-state index in [0.29, 0.717) is 0 Å². The summed E-state index contributed by atoms with van der Waals surface area (Å²) in [6.07, 6.45) is 2.44. The maximum Gasteiger partial charge on any atom is 0.264 e. The summed E-state index contributed by atoms with van der Waals surface area (Å²) in [6.45, 7) is 3.71. The van der Waals surface area contributed by atoms with E-state index in [1.54, 1.807) is 0 Å². The zero-order valence-corrected chi connectivity index (χ0v) is 14.0. The molecule has 22 heavy (non-hydrogen) atoms. The SMILES string of the molecule is CC(C)n1nccc1NS(=O)(=O)c1ccccc1S(C)(=O)=O. The number of rotatable bonds is 5. The Morgan fingerprint density at radius 3 is 2.18 bits per heavy atom. The van der Waals surface area contributed by atoms with Crippen molar-refractivity contribution in [2.75, 3.05) is 11.0 Å². The summed E-state index contributed by atoms with van der Waals surface area (Å²) in [5.74, 6) is 0.276. The Labute approximate surface area is 129 Å². The highest BCUT2D eigenvalue weighted by molar-refractivity contribution is 7.95. The van der Waals surface area contributed by atoms with Gasteiger partial charge in [0.05, 0.1) is 11.1 Å². The zero-order chi connectivity index (χ0) is 16.5. The van der Waals surface area contributed by atoms with Gasteiger partial charge in [0.15, 0.2) is 9.84 Å². The second kappa shape index (κ2) is 5.73. The number of benzene rings is 1. The lowest BCUT2D eigenvalue weighted by Crippen LogP contribution is -2.19. The average Bonchev–Trinajstić information content (AvgIpc) is 2.85. The van der Waals surface area contributed by atoms with Gasteiger partial charge in [0.2, 0.25) is 0 Å². The predicted molar refractivity (Wildman–Crippen MR) is 83.0 cm³/mol. The number of anilines is 1. The first kappa shape index (κ1) is 16.5. The molecule has 2 rings (SSSR count). The molecule has 0 bridgehead atoms. The van der Waals surface area contributed by atoms with Crippen molar-refractivity contribution in [3.8, 4) is 0 Å². The lowest BCUT2D eigenvalue weighted by atomic mass is 10.4. The molecule has 7 nitrogen and oxygen atoms in total. The third kappa shape index (κ3) is 3.30. The van der Waals surface area contributed by atoms with Gasteiger partial charge in [-0.2, -0.15) is 5.10 Å². The second-order valence-corrected chi connectivity index (χ2v) is 8.71. The highest BCUT2D eigenvalue weighted by Gasteiger charge is 2.24. The predicted octanol–water partition coefficient (Wildman–Crippen LogP) is 1.67. The zero-order valence-electron chi connectivity index (χ0n) is 12.4. The standard InChI is InChI=1S/C13H17N3O4S2/c1-10(2)16-13(8-9-14-16)15-22(19,20)12-7-5-4-6-11(12)21(3,17)18/h4-10,15H,1-3H3. The van der Waals surface area contributed by atoms with Crippen LogP contribution in [0.4, 0.5) is 5.82 Å². The monoisotopic (exact) mass is 343 g/mol. The minimum atomic E-state index is -4.04. The Morgan fingerprint density at radius 1 is 1.05 bits per heavy atom. The molecule has 0 saturated carbocycles. The molecule has 1 N–H and O–H groups in total. The molecule has 0 fully saturated rings. The van der Waals surface area contributed by atoms with Gasteiger partial charge in [-0.25, -0.2) is 21.5 Å². The molecule has 0 aliphatic heterocycles. The summed E-state index contributed by atoms with van der Waals surface area (Å²) in [4.78, 5) is -0.521. The Kier molecular flexibility index (Phi) is 4.30. The van der Waals surface area contributed by atoms with Crippen molar-refractivity contribution >= 4 is 25.7 Å². The van der Waals surface area contributed by atoms with Gasteiger partial charge in [0, 0.05) is 18.4 Å². The molecule has 120 valence electrons. The van der Waals surface area contributed by atoms with Gasteiger partial charge in [0.1, 0.15) is 10.7 Å². The molecular weight excluding hydrogens is 326 g/mol. The fourth-order valence-corrected chi connectivity index (χ4v) is 4.66. The van der Waals surface area contributed by atoms with Crippen LogP contribution in [0.1, 0.15) is 19.9 Å². The minimum Gasteiger partial charge on any atom is -0.264 e. The number of hydrogen-bond acceptors (Lipinski definition) is 5. The number of nitrogens with one attached hydrogen (secondary N) is 1. The first-order valence-corrected chi connectivity index (χ1v) is 9.86. The Bertz CT molecular complexity index is 884. The summed E-state index contributed by atoms with van der Waals surface area (Å²) in [5, 5.41) is 4.04. The maximum absolute atomic E-state index is 12.5. The summed E-state index contributed by atoms with van der Waals surface area (Å²) in [5.41, 5.74) is 0. The molecule has 0 spiro atoms. The van der Waals surface area contributed by atoms with Crippen LogP contribution in [-0.4, -0.2) is 32.9 Å². The van der Waals surface area contributed by atoms with E-state index in [1.165, 1.54) is 41.2 Å². The van der Waals surface area contributed by atoms with Crippen LogP contribution in [-0.2, 0) is 19.9 Å². The van der Waals surface area contributed by atoms with Crippen molar-refractivity contribution in [2.45, 2.75) is 29.7 Å². The van der Waals surface area contributed by atoms with Crippen LogP contribution in [0, 0.1) is 0 Å². The molecule has 0 unspecified atom stereocenters. The van der Waals surface area contributed by atoms with Crippen molar-refractivity contribution in [1.82, 2.24) is 9.78 Å². The molecule has 9 heteroatoms. The second-order valence-electron chi connectivity index (χ2n) is 5.08. The fourth-order valence-electron chi connectivity index (χ4n) is 1.98. The highest BCUT2D eigenvalue weighted by Crippen LogP contribution is 2.24. The molecule has 0 atom stereocenters. The normalized spacial score (nSPS) is 12.5. The lowest BCUT2D eigenvalue weighted by Gasteiger charge is -2.14. The molecule has 0 radical (unpaired) electrons. The third-order valence-corrected chi connectivity index (χ3v) is 5.63. The Balaban J connectivity index is 2.51. The van der Waals surface area contributed by atoms with E-state index in [9.17, 15) is 16.8 Å². The lowest BCUT2D eigenvalue weighted by molar-refractivity contribution is 0.539. The quantitative estimate of drug-likeness (QED) is 0.890. The number of sulfone groups is 1. The van der Waals surface area contributed by atoms with Gasteiger partial charge in [0.25, 0.3) is 10.0 Å². The third-order valence-electron chi connectivity index (χ3n) is 2.94. The van der Waals surface area contributed by atoms with Crippen molar-refractivity contribution < 1.29 is 16.8 Å². The van der Waals surface area contributed by atoms with E-state index in [0.717, 1.165) is 6.26 Å². The van der Waals surface area contributed by atoms with E-state index in [1.807, 2.05) is 13.8 Å². The van der Waals surface area contributed by atoms with Crippen LogP contribution in [0.15, 0.2) is 46.3 Å². The van der Waals surface area contributed by atoms with Gasteiger partial charge < -0.3 is 0 Å². The van der Waals surface area contributed by atoms with Gasteiger partial charge >= 0.3 is 0 Å². The first-order valence-electron chi connectivity index (χ1n) is 6.48. The summed E-state index contributed by atoms with van der Waals surface area (Å²) in [6, 6.07) is 6.95. The molecule has 0 amide bonds. The largest absolute Gasteiger partial charge is 0.264 e. The van der Waals surface area contributed by atoms with Crippen molar-refractivity contribution in [3.05, 3.63) is 36.5 Å². The van der Waals surface area contributed by atoms with Gasteiger partial charge in [-0.15, -0.1) is 0 Å². The molecule has 2 aromatic rings.